The molecule has 2 bridgehead atoms. The summed E-state index contributed by atoms with van der Waals surface area (Å²) in [6, 6.07) is 0.544. The van der Waals surface area contributed by atoms with Crippen LogP contribution in [0.15, 0.2) is 0 Å². The van der Waals surface area contributed by atoms with Crippen molar-refractivity contribution in [1.82, 2.24) is 10.3 Å². The molecule has 2 saturated heterocycles. The third-order valence-corrected chi connectivity index (χ3v) is 3.04. The van der Waals surface area contributed by atoms with Crippen molar-refractivity contribution >= 4 is 0 Å². The maximum Gasteiger partial charge on any atom is 0.140 e. The molecule has 4 atom stereocenters. The van der Waals surface area contributed by atoms with E-state index in [9.17, 15) is 0 Å². The Labute approximate surface area is 72.6 Å². The molecular formula is C7H18N5+. The van der Waals surface area contributed by atoms with Gasteiger partial charge in [0.25, 0.3) is 0 Å². The van der Waals surface area contributed by atoms with Crippen LogP contribution in [0.5, 0.6) is 0 Å². The molecule has 2 heterocycles. The van der Waals surface area contributed by atoms with Gasteiger partial charge in [-0.3, -0.25) is 4.90 Å². The van der Waals surface area contributed by atoms with Crippen LogP contribution in [0.2, 0.25) is 0 Å². The predicted molar refractivity (Wildman–Crippen MR) is 45.7 cm³/mol. The fourth-order valence-corrected chi connectivity index (χ4v) is 2.39. The van der Waals surface area contributed by atoms with Crippen molar-refractivity contribution in [2.75, 3.05) is 26.3 Å². The highest BCUT2D eigenvalue weighted by atomic mass is 15.7. The van der Waals surface area contributed by atoms with Crippen LogP contribution in [-0.4, -0.2) is 37.2 Å². The Balaban J connectivity index is 1.89. The molecule has 2 rings (SSSR count). The van der Waals surface area contributed by atoms with Crippen molar-refractivity contribution in [1.29, 1.82) is 0 Å². The van der Waals surface area contributed by atoms with Crippen molar-refractivity contribution in [3.05, 3.63) is 0 Å². The number of hydrogen-bond donors (Lipinski definition) is 4. The maximum atomic E-state index is 5.87. The molecular weight excluding hydrogens is 154 g/mol. The third kappa shape index (κ3) is 1.34. The quantitative estimate of drug-likeness (QED) is 0.206. The molecule has 0 aromatic heterocycles. The molecule has 0 aromatic carbocycles. The van der Waals surface area contributed by atoms with Gasteiger partial charge in [0.15, 0.2) is 0 Å². The third-order valence-electron chi connectivity index (χ3n) is 3.04. The molecule has 4 unspecified atom stereocenters. The molecule has 6 N–H and O–H groups in total. The first-order valence-electron chi connectivity index (χ1n) is 4.60. The molecule has 2 fully saturated rings. The summed E-state index contributed by atoms with van der Waals surface area (Å²) in [7, 11) is 0. The number of piperidine rings is 1. The molecule has 5 heteroatoms. The summed E-state index contributed by atoms with van der Waals surface area (Å²) in [5, 5.41) is 0.893. The minimum atomic E-state index is 0.453. The van der Waals surface area contributed by atoms with Crippen LogP contribution in [0.1, 0.15) is 6.42 Å². The summed E-state index contributed by atoms with van der Waals surface area (Å²) in [5.41, 5.74) is 8.39. The predicted octanol–water partition coefficient (Wildman–Crippen LogP) is -3.13. The molecule has 0 spiro atoms. The molecule has 0 aliphatic carbocycles. The number of quaternary nitrogens is 1. The minimum Gasteiger partial charge on any atom is -0.314 e. The van der Waals surface area contributed by atoms with Gasteiger partial charge >= 0.3 is 0 Å². The van der Waals surface area contributed by atoms with Gasteiger partial charge in [-0.1, -0.05) is 0 Å². The first-order valence-corrected chi connectivity index (χ1v) is 4.60. The van der Waals surface area contributed by atoms with E-state index in [4.69, 9.17) is 11.6 Å². The number of nitrogens with two attached hydrogens (primary N) is 2. The van der Waals surface area contributed by atoms with Gasteiger partial charge in [0.2, 0.25) is 0 Å². The smallest absolute Gasteiger partial charge is 0.140 e. The average molecular weight is 172 g/mol. The second-order valence-corrected chi connectivity index (χ2v) is 3.75. The van der Waals surface area contributed by atoms with Crippen LogP contribution in [0.3, 0.4) is 0 Å². The number of nitrogens with one attached hydrogen (secondary N) is 2. The van der Waals surface area contributed by atoms with E-state index < -0.39 is 0 Å². The lowest BCUT2D eigenvalue weighted by Crippen LogP contribution is -3.28. The van der Waals surface area contributed by atoms with Crippen molar-refractivity contribution < 1.29 is 5.12 Å². The highest BCUT2D eigenvalue weighted by Gasteiger charge is 2.43. The maximum absolute atomic E-state index is 5.87. The van der Waals surface area contributed by atoms with E-state index in [-0.39, 0.29) is 0 Å². The Morgan fingerprint density at radius 1 is 1.50 bits per heavy atom. The van der Waals surface area contributed by atoms with Crippen molar-refractivity contribution in [3.63, 3.8) is 0 Å². The molecule has 0 aromatic rings. The van der Waals surface area contributed by atoms with Crippen LogP contribution in [0, 0.1) is 5.92 Å². The first-order chi connectivity index (χ1) is 5.81. The van der Waals surface area contributed by atoms with Gasteiger partial charge in [-0.15, -0.1) is 5.43 Å². The van der Waals surface area contributed by atoms with Gasteiger partial charge in [0.05, 0.1) is 13.2 Å². The Bertz CT molecular complexity index is 162. The van der Waals surface area contributed by atoms with Crippen LogP contribution < -0.4 is 22.1 Å². The van der Waals surface area contributed by atoms with Crippen LogP contribution in [0.4, 0.5) is 0 Å². The fraction of sp³-hybridized carbons (Fsp3) is 1.00. The zero-order chi connectivity index (χ0) is 8.55. The second kappa shape index (κ2) is 3.27. The molecule has 70 valence electrons. The lowest BCUT2D eigenvalue weighted by Gasteiger charge is -2.26. The SMILES string of the molecule is NCN[NH+](N)C1CN2CCC1C2. The summed E-state index contributed by atoms with van der Waals surface area (Å²) in [6.45, 7) is 4.08. The van der Waals surface area contributed by atoms with E-state index in [1.807, 2.05) is 0 Å². The van der Waals surface area contributed by atoms with Gasteiger partial charge in [-0.2, -0.15) is 11.0 Å². The topological polar surface area (TPSA) is 71.7 Å². The Morgan fingerprint density at radius 3 is 2.83 bits per heavy atom. The molecule has 2 aliphatic heterocycles. The molecule has 2 aliphatic rings. The highest BCUT2D eigenvalue weighted by molar-refractivity contribution is 4.90. The highest BCUT2D eigenvalue weighted by Crippen LogP contribution is 2.25. The largest absolute Gasteiger partial charge is 0.314 e. The summed E-state index contributed by atoms with van der Waals surface area (Å²) in [6.07, 6.45) is 1.30. The van der Waals surface area contributed by atoms with Crippen LogP contribution in [0.25, 0.3) is 0 Å². The molecule has 0 amide bonds. The summed E-state index contributed by atoms with van der Waals surface area (Å²) >= 11 is 0. The van der Waals surface area contributed by atoms with Crippen LogP contribution >= 0.6 is 0 Å². The number of hydrogen-bond acceptors (Lipinski definition) is 4. The van der Waals surface area contributed by atoms with E-state index in [2.05, 4.69) is 10.3 Å². The summed E-state index contributed by atoms with van der Waals surface area (Å²) in [4.78, 5) is 2.47. The Kier molecular flexibility index (Phi) is 2.29. The molecule has 12 heavy (non-hydrogen) atoms. The number of fused-ring (bicyclic) bond motifs is 2. The van der Waals surface area contributed by atoms with Crippen molar-refractivity contribution in [2.24, 2.45) is 17.5 Å². The van der Waals surface area contributed by atoms with Crippen molar-refractivity contribution in [2.45, 2.75) is 12.5 Å². The normalized spacial score (nSPS) is 42.0. The van der Waals surface area contributed by atoms with Gasteiger partial charge in [0.1, 0.15) is 6.04 Å². The second-order valence-electron chi connectivity index (χ2n) is 3.75. The average Bonchev–Trinajstić information content (AvgIpc) is 2.64. The standard InChI is InChI=1S/C7H17N5/c8-5-10-12(9)7-4-11-2-1-6(7)3-11/h6-7,10H,1-5,8-9H2/p+1. The van der Waals surface area contributed by atoms with Gasteiger partial charge < -0.3 is 5.73 Å². The van der Waals surface area contributed by atoms with Gasteiger partial charge in [-0.05, 0) is 13.0 Å². The van der Waals surface area contributed by atoms with Gasteiger partial charge in [-0.25, -0.2) is 0 Å². The zero-order valence-corrected chi connectivity index (χ0v) is 7.29. The van der Waals surface area contributed by atoms with E-state index in [0.29, 0.717) is 12.7 Å². The Morgan fingerprint density at radius 2 is 2.33 bits per heavy atom. The van der Waals surface area contributed by atoms with E-state index in [0.717, 1.165) is 17.6 Å². The van der Waals surface area contributed by atoms with Crippen molar-refractivity contribution in [3.8, 4) is 0 Å². The monoisotopic (exact) mass is 172 g/mol. The minimum absolute atomic E-state index is 0.453. The first kappa shape index (κ1) is 8.40. The summed E-state index contributed by atoms with van der Waals surface area (Å²) < 4.78 is 0. The Hall–Kier alpha value is -0.200. The number of rotatable bonds is 3. The zero-order valence-electron chi connectivity index (χ0n) is 7.29. The molecule has 5 nitrogen and oxygen atoms in total. The molecule has 0 radical (unpaired) electrons. The number of nitrogens with zero attached hydrogens (tertiary/aromatic N) is 1. The van der Waals surface area contributed by atoms with Gasteiger partial charge in [0, 0.05) is 12.5 Å². The van der Waals surface area contributed by atoms with E-state index in [1.165, 1.54) is 19.5 Å². The van der Waals surface area contributed by atoms with E-state index >= 15 is 0 Å². The van der Waals surface area contributed by atoms with Crippen LogP contribution in [-0.2, 0) is 0 Å². The lowest BCUT2D eigenvalue weighted by atomic mass is 10.0. The van der Waals surface area contributed by atoms with E-state index in [1.54, 1.807) is 0 Å². The molecule has 0 saturated carbocycles. The lowest BCUT2D eigenvalue weighted by molar-refractivity contribution is -0.982. The fourth-order valence-electron chi connectivity index (χ4n) is 2.39. The summed E-state index contributed by atoms with van der Waals surface area (Å²) in [5.74, 6) is 6.66.